The smallest absolute Gasteiger partial charge is 0.110 e. The molecule has 2 aromatic heterocycles. The van der Waals surface area contributed by atoms with Crippen LogP contribution in [0.2, 0.25) is 0 Å². The van der Waals surface area contributed by atoms with Crippen molar-refractivity contribution in [2.24, 2.45) is 0 Å². The summed E-state index contributed by atoms with van der Waals surface area (Å²) >= 11 is 0. The molecule has 5 heteroatoms. The van der Waals surface area contributed by atoms with Gasteiger partial charge in [0, 0.05) is 6.20 Å². The molecule has 0 spiro atoms. The van der Waals surface area contributed by atoms with Gasteiger partial charge in [0.2, 0.25) is 0 Å². The van der Waals surface area contributed by atoms with E-state index in [1.165, 1.54) is 4.63 Å². The summed E-state index contributed by atoms with van der Waals surface area (Å²) in [5.74, 6) is 0. The predicted octanol–water partition coefficient (Wildman–Crippen LogP) is 0.733. The fourth-order valence-corrected chi connectivity index (χ4v) is 0.851. The molecule has 0 bridgehead atoms. The van der Waals surface area contributed by atoms with Crippen molar-refractivity contribution in [1.29, 1.82) is 0 Å². The van der Waals surface area contributed by atoms with Crippen LogP contribution < -0.4 is 5.73 Å². The van der Waals surface area contributed by atoms with Crippen molar-refractivity contribution in [2.45, 2.75) is 0 Å². The van der Waals surface area contributed by atoms with Gasteiger partial charge >= 0.3 is 0 Å². The Morgan fingerprint density at radius 3 is 2.91 bits per heavy atom. The maximum Gasteiger partial charge on any atom is 0.110 e. The van der Waals surface area contributed by atoms with E-state index in [2.05, 4.69) is 10.2 Å². The van der Waals surface area contributed by atoms with Gasteiger partial charge in [0.15, 0.2) is 0 Å². The monoisotopic (exact) mass is 170 g/mol. The molecule has 0 atom stereocenters. The third-order valence-corrected chi connectivity index (χ3v) is 1.33. The minimum atomic E-state index is 0. The molecule has 11 heavy (non-hydrogen) atoms. The third kappa shape index (κ3) is 1.12. The van der Waals surface area contributed by atoms with Crippen LogP contribution in [-0.2, 0) is 0 Å². The first kappa shape index (κ1) is 7.81. The molecule has 4 nitrogen and oxygen atoms in total. The van der Waals surface area contributed by atoms with Crippen molar-refractivity contribution >= 4 is 23.6 Å². The number of halogens is 1. The largest absolute Gasteiger partial charge is 0.396 e. The Kier molecular flexibility index (Phi) is 1.96. The summed E-state index contributed by atoms with van der Waals surface area (Å²) in [4.78, 5) is 0. The molecule has 0 aliphatic heterocycles. The number of fused-ring (bicyclic) bond motifs is 1. The molecular weight excluding hydrogens is 164 g/mol. The second kappa shape index (κ2) is 2.75. The van der Waals surface area contributed by atoms with Crippen LogP contribution in [-0.4, -0.2) is 14.8 Å². The van der Waals surface area contributed by atoms with Gasteiger partial charge in [0.25, 0.3) is 0 Å². The van der Waals surface area contributed by atoms with Gasteiger partial charge in [-0.05, 0) is 12.1 Å². The van der Waals surface area contributed by atoms with Crippen LogP contribution in [0.3, 0.4) is 0 Å². The molecule has 0 aromatic carbocycles. The van der Waals surface area contributed by atoms with E-state index in [9.17, 15) is 0 Å². The number of anilines is 1. The van der Waals surface area contributed by atoms with Crippen molar-refractivity contribution < 1.29 is 0 Å². The highest BCUT2D eigenvalue weighted by atomic mass is 35.5. The SMILES string of the molecule is Cl.Nc1cnn2ncccc12. The zero-order chi connectivity index (χ0) is 6.97. The molecule has 58 valence electrons. The van der Waals surface area contributed by atoms with E-state index in [0.717, 1.165) is 5.52 Å². The molecule has 0 aliphatic rings. The topological polar surface area (TPSA) is 56.2 Å². The normalized spacial score (nSPS) is 9.45. The molecule has 0 aliphatic carbocycles. The maximum atomic E-state index is 5.55. The minimum Gasteiger partial charge on any atom is -0.396 e. The van der Waals surface area contributed by atoms with Gasteiger partial charge in [0.05, 0.1) is 11.9 Å². The second-order valence-corrected chi connectivity index (χ2v) is 2.00. The summed E-state index contributed by atoms with van der Waals surface area (Å²) < 4.78 is 1.50. The highest BCUT2D eigenvalue weighted by Crippen LogP contribution is 2.08. The van der Waals surface area contributed by atoms with E-state index >= 15 is 0 Å². The zero-order valence-electron chi connectivity index (χ0n) is 5.64. The van der Waals surface area contributed by atoms with Gasteiger partial charge in [-0.15, -0.1) is 17.0 Å². The van der Waals surface area contributed by atoms with E-state index in [1.807, 2.05) is 12.1 Å². The molecule has 2 rings (SSSR count). The van der Waals surface area contributed by atoms with Gasteiger partial charge < -0.3 is 5.73 Å². The average Bonchev–Trinajstić information content (AvgIpc) is 2.34. The standard InChI is InChI=1S/C6H6N4.ClH/c7-5-4-9-10-6(5)2-1-3-8-10;/h1-4H,7H2;1H. The number of hydrogen-bond donors (Lipinski definition) is 1. The van der Waals surface area contributed by atoms with Crippen molar-refractivity contribution in [3.8, 4) is 0 Å². The van der Waals surface area contributed by atoms with E-state index in [4.69, 9.17) is 5.73 Å². The Morgan fingerprint density at radius 1 is 1.36 bits per heavy atom. The average molecular weight is 171 g/mol. The van der Waals surface area contributed by atoms with Crippen LogP contribution in [0, 0.1) is 0 Å². The molecule has 0 saturated heterocycles. The Hall–Kier alpha value is -1.29. The first-order chi connectivity index (χ1) is 4.88. The molecule has 2 N–H and O–H groups in total. The summed E-state index contributed by atoms with van der Waals surface area (Å²) in [6.07, 6.45) is 3.25. The van der Waals surface area contributed by atoms with Gasteiger partial charge in [-0.1, -0.05) is 0 Å². The molecule has 0 amide bonds. The molecular formula is C6H7ClN4. The van der Waals surface area contributed by atoms with Crippen molar-refractivity contribution in [3.63, 3.8) is 0 Å². The van der Waals surface area contributed by atoms with Gasteiger partial charge in [0.1, 0.15) is 5.52 Å². The zero-order valence-corrected chi connectivity index (χ0v) is 6.45. The quantitative estimate of drug-likeness (QED) is 0.634. The van der Waals surface area contributed by atoms with E-state index in [0.29, 0.717) is 5.69 Å². The Labute approximate surface area is 69.4 Å². The van der Waals surface area contributed by atoms with E-state index in [1.54, 1.807) is 12.4 Å². The number of nitrogen functional groups attached to an aromatic ring is 1. The van der Waals surface area contributed by atoms with Crippen molar-refractivity contribution in [3.05, 3.63) is 24.5 Å². The van der Waals surface area contributed by atoms with Crippen LogP contribution in [0.25, 0.3) is 5.52 Å². The molecule has 0 fully saturated rings. The summed E-state index contributed by atoms with van der Waals surface area (Å²) in [6, 6.07) is 3.70. The fourth-order valence-electron chi connectivity index (χ4n) is 0.851. The van der Waals surface area contributed by atoms with Gasteiger partial charge in [-0.2, -0.15) is 10.2 Å². The molecule has 0 radical (unpaired) electrons. The minimum absolute atomic E-state index is 0. The lowest BCUT2D eigenvalue weighted by Crippen LogP contribution is -1.91. The molecule has 2 aromatic rings. The lowest BCUT2D eigenvalue weighted by atomic mass is 10.4. The summed E-state index contributed by atoms with van der Waals surface area (Å²) in [6.45, 7) is 0. The van der Waals surface area contributed by atoms with Gasteiger partial charge in [-0.25, -0.2) is 0 Å². The third-order valence-electron chi connectivity index (χ3n) is 1.33. The van der Waals surface area contributed by atoms with Crippen LogP contribution in [0.5, 0.6) is 0 Å². The van der Waals surface area contributed by atoms with Crippen LogP contribution in [0.1, 0.15) is 0 Å². The lowest BCUT2D eigenvalue weighted by molar-refractivity contribution is 0.800. The first-order valence-corrected chi connectivity index (χ1v) is 2.92. The fraction of sp³-hybridized carbons (Fsp3) is 0. The Bertz CT molecular complexity index is 356. The number of aromatic nitrogens is 3. The number of rotatable bonds is 0. The van der Waals surface area contributed by atoms with Crippen molar-refractivity contribution in [2.75, 3.05) is 5.73 Å². The van der Waals surface area contributed by atoms with Crippen molar-refractivity contribution in [1.82, 2.24) is 14.8 Å². The highest BCUT2D eigenvalue weighted by Gasteiger charge is 1.96. The number of nitrogens with two attached hydrogens (primary N) is 1. The summed E-state index contributed by atoms with van der Waals surface area (Å²) in [7, 11) is 0. The summed E-state index contributed by atoms with van der Waals surface area (Å²) in [5, 5.41) is 7.83. The summed E-state index contributed by atoms with van der Waals surface area (Å²) in [5.41, 5.74) is 7.06. The van der Waals surface area contributed by atoms with E-state index in [-0.39, 0.29) is 12.4 Å². The van der Waals surface area contributed by atoms with Crippen LogP contribution in [0.15, 0.2) is 24.5 Å². The highest BCUT2D eigenvalue weighted by molar-refractivity contribution is 5.85. The van der Waals surface area contributed by atoms with Crippen LogP contribution in [0.4, 0.5) is 5.69 Å². The first-order valence-electron chi connectivity index (χ1n) is 2.92. The van der Waals surface area contributed by atoms with E-state index < -0.39 is 0 Å². The second-order valence-electron chi connectivity index (χ2n) is 2.00. The predicted molar refractivity (Wildman–Crippen MR) is 44.6 cm³/mol. The molecule has 0 saturated carbocycles. The number of nitrogens with zero attached hydrogens (tertiary/aromatic N) is 3. The lowest BCUT2D eigenvalue weighted by Gasteiger charge is -1.88. The Morgan fingerprint density at radius 2 is 2.18 bits per heavy atom. The molecule has 0 unspecified atom stereocenters. The van der Waals surface area contributed by atoms with Gasteiger partial charge in [-0.3, -0.25) is 0 Å². The molecule has 2 heterocycles. The maximum absolute atomic E-state index is 5.55. The van der Waals surface area contributed by atoms with Crippen LogP contribution >= 0.6 is 12.4 Å². The number of hydrogen-bond acceptors (Lipinski definition) is 3. The Balaban J connectivity index is 0.000000605.